The monoisotopic (exact) mass is 832 g/mol. The van der Waals surface area contributed by atoms with Crippen LogP contribution in [0.15, 0.2) is 91.3 Å². The van der Waals surface area contributed by atoms with Gasteiger partial charge in [0.1, 0.15) is 17.8 Å². The molecule has 61 heavy (non-hydrogen) atoms. The van der Waals surface area contributed by atoms with E-state index in [-0.39, 0.29) is 31.1 Å². The number of amides is 4. The number of likely N-dealkylation sites (tertiary alicyclic amines) is 1. The van der Waals surface area contributed by atoms with Gasteiger partial charge in [-0.1, -0.05) is 79.9 Å². The van der Waals surface area contributed by atoms with Crippen LogP contribution in [-0.2, 0) is 36.9 Å². The summed E-state index contributed by atoms with van der Waals surface area (Å²) in [5, 5.41) is 9.79. The molecule has 0 radical (unpaired) electrons. The van der Waals surface area contributed by atoms with E-state index < -0.39 is 59.9 Å². The topological polar surface area (TPSA) is 189 Å². The van der Waals surface area contributed by atoms with Gasteiger partial charge < -0.3 is 26.4 Å². The van der Waals surface area contributed by atoms with Gasteiger partial charge in [0, 0.05) is 43.0 Å². The Morgan fingerprint density at radius 2 is 1.62 bits per heavy atom. The molecular formula is C47H60N8O6. The number of para-hydroxylation sites is 1. The number of hydrogen-bond acceptors (Lipinski definition) is 10. The fourth-order valence-corrected chi connectivity index (χ4v) is 8.65. The number of nitrogens with zero attached hydrogens (tertiary/aromatic N) is 4. The zero-order valence-corrected chi connectivity index (χ0v) is 35.7. The smallest absolute Gasteiger partial charge is 0.320 e. The van der Waals surface area contributed by atoms with Crippen LogP contribution in [-0.4, -0.2) is 106 Å². The number of hydrogen-bond donors (Lipinski definition) is 4. The van der Waals surface area contributed by atoms with E-state index in [1.54, 1.807) is 30.6 Å². The van der Waals surface area contributed by atoms with Crippen molar-refractivity contribution >= 4 is 40.5 Å². The second kappa shape index (κ2) is 20.7. The Bertz CT molecular complexity index is 2130. The quantitative estimate of drug-likeness (QED) is 0.113. The Morgan fingerprint density at radius 3 is 2.34 bits per heavy atom. The number of carbonyl (C=O) groups excluding carboxylic acids is 5. The lowest BCUT2D eigenvalue weighted by atomic mass is 9.72. The SMILES string of the molecule is CN(CC(=O)O[C@H](CN1C[C@H]2CCCC[C@H]2C[C@H]1C(=O)NC(C)(C)C)[C@H](Cc1ccccc1)NC(=O)[C@H](CC(N)=O)NC(=O)c1ccc2ccccc2n1)Cc1cccnc1. The third-order valence-corrected chi connectivity index (χ3v) is 11.5. The fraction of sp³-hybridized carbons (Fsp3) is 0.468. The molecule has 2 aromatic carbocycles. The summed E-state index contributed by atoms with van der Waals surface area (Å²) in [7, 11) is 1.81. The van der Waals surface area contributed by atoms with Crippen molar-refractivity contribution in [2.75, 3.05) is 26.7 Å². The molecule has 2 fully saturated rings. The molecule has 6 atom stereocenters. The first kappa shape index (κ1) is 44.8. The molecule has 2 aromatic heterocycles. The second-order valence-electron chi connectivity index (χ2n) is 17.7. The number of likely N-dealkylation sites (N-methyl/N-ethyl adjacent to an activating group) is 1. The van der Waals surface area contributed by atoms with E-state index in [1.165, 1.54) is 0 Å². The number of aromatic nitrogens is 2. The van der Waals surface area contributed by atoms with Crippen molar-refractivity contribution in [3.63, 3.8) is 0 Å². The average molecular weight is 833 g/mol. The molecule has 4 amide bonds. The Balaban J connectivity index is 1.31. The largest absolute Gasteiger partial charge is 0.458 e. The summed E-state index contributed by atoms with van der Waals surface area (Å²) in [4.78, 5) is 81.3. The van der Waals surface area contributed by atoms with Crippen molar-refractivity contribution in [2.24, 2.45) is 17.6 Å². The molecule has 1 aliphatic carbocycles. The highest BCUT2D eigenvalue weighted by Gasteiger charge is 2.43. The Kier molecular flexibility index (Phi) is 15.2. The van der Waals surface area contributed by atoms with Crippen LogP contribution in [0.1, 0.15) is 80.9 Å². The van der Waals surface area contributed by atoms with Gasteiger partial charge >= 0.3 is 5.97 Å². The normalized spacial score (nSPS) is 19.5. The molecule has 0 bridgehead atoms. The Hall–Kier alpha value is -5.73. The van der Waals surface area contributed by atoms with E-state index >= 15 is 0 Å². The minimum Gasteiger partial charge on any atom is -0.458 e. The predicted molar refractivity (Wildman–Crippen MR) is 233 cm³/mol. The van der Waals surface area contributed by atoms with Gasteiger partial charge in [0.05, 0.1) is 30.6 Å². The van der Waals surface area contributed by atoms with Gasteiger partial charge in [-0.05, 0) is 88.2 Å². The molecule has 1 aliphatic heterocycles. The number of nitrogens with one attached hydrogen (secondary N) is 3. The summed E-state index contributed by atoms with van der Waals surface area (Å²) in [5.74, 6) is -1.97. The minimum atomic E-state index is -1.37. The third-order valence-electron chi connectivity index (χ3n) is 11.5. The Labute approximate surface area is 358 Å². The first-order valence-corrected chi connectivity index (χ1v) is 21.3. The summed E-state index contributed by atoms with van der Waals surface area (Å²) in [6.07, 6.45) is 7.25. The lowest BCUT2D eigenvalue weighted by Crippen LogP contribution is -2.61. The highest BCUT2D eigenvalue weighted by atomic mass is 16.5. The number of pyridine rings is 2. The number of fused-ring (bicyclic) bond motifs is 2. The molecule has 0 unspecified atom stereocenters. The van der Waals surface area contributed by atoms with Crippen LogP contribution in [0.5, 0.6) is 0 Å². The summed E-state index contributed by atoms with van der Waals surface area (Å²) in [6.45, 7) is 7.03. The number of esters is 1. The average Bonchev–Trinajstić information content (AvgIpc) is 3.22. The van der Waals surface area contributed by atoms with E-state index in [0.29, 0.717) is 36.9 Å². The zero-order chi connectivity index (χ0) is 43.5. The van der Waals surface area contributed by atoms with Crippen molar-refractivity contribution in [1.29, 1.82) is 0 Å². The first-order chi connectivity index (χ1) is 29.2. The fourth-order valence-electron chi connectivity index (χ4n) is 8.65. The number of carbonyl (C=O) groups is 5. The number of benzene rings is 2. The highest BCUT2D eigenvalue weighted by molar-refractivity contribution is 5.99. The van der Waals surface area contributed by atoms with Crippen LogP contribution in [0.2, 0.25) is 0 Å². The van der Waals surface area contributed by atoms with Crippen LogP contribution in [0.4, 0.5) is 0 Å². The summed E-state index contributed by atoms with van der Waals surface area (Å²) < 4.78 is 6.44. The molecule has 1 saturated carbocycles. The van der Waals surface area contributed by atoms with Gasteiger partial charge in [0.2, 0.25) is 17.7 Å². The first-order valence-electron chi connectivity index (χ1n) is 21.3. The van der Waals surface area contributed by atoms with Crippen LogP contribution < -0.4 is 21.7 Å². The summed E-state index contributed by atoms with van der Waals surface area (Å²) in [5.41, 5.74) is 7.62. The molecule has 0 spiro atoms. The maximum atomic E-state index is 14.5. The Morgan fingerprint density at radius 1 is 0.902 bits per heavy atom. The van der Waals surface area contributed by atoms with Crippen LogP contribution in [0, 0.1) is 11.8 Å². The van der Waals surface area contributed by atoms with Crippen molar-refractivity contribution in [1.82, 2.24) is 35.7 Å². The molecule has 6 rings (SSSR count). The van der Waals surface area contributed by atoms with E-state index in [1.807, 2.05) is 93.4 Å². The van der Waals surface area contributed by atoms with Gasteiger partial charge in [0.15, 0.2) is 0 Å². The molecule has 4 aromatic rings. The van der Waals surface area contributed by atoms with Gasteiger partial charge in [-0.25, -0.2) is 4.98 Å². The summed E-state index contributed by atoms with van der Waals surface area (Å²) in [6, 6.07) is 21.2. The number of ether oxygens (including phenoxy) is 1. The number of primary amides is 1. The van der Waals surface area contributed by atoms with Gasteiger partial charge in [0.25, 0.3) is 5.91 Å². The zero-order valence-electron chi connectivity index (χ0n) is 35.7. The molecular weight excluding hydrogens is 773 g/mol. The van der Waals surface area contributed by atoms with Crippen molar-refractivity contribution in [3.05, 3.63) is 108 Å². The van der Waals surface area contributed by atoms with Gasteiger partial charge in [-0.2, -0.15) is 0 Å². The lowest BCUT2D eigenvalue weighted by molar-refractivity contribution is -0.155. The molecule has 14 heteroatoms. The molecule has 1 saturated heterocycles. The third kappa shape index (κ3) is 13.1. The molecule has 2 aliphatic rings. The number of piperidine rings is 1. The van der Waals surface area contributed by atoms with Crippen LogP contribution in [0.3, 0.4) is 0 Å². The van der Waals surface area contributed by atoms with E-state index in [9.17, 15) is 24.0 Å². The van der Waals surface area contributed by atoms with E-state index in [2.05, 4.69) is 30.8 Å². The maximum absolute atomic E-state index is 14.5. The molecule has 5 N–H and O–H groups in total. The van der Waals surface area contributed by atoms with E-state index in [4.69, 9.17) is 10.5 Å². The van der Waals surface area contributed by atoms with E-state index in [0.717, 1.165) is 42.2 Å². The number of rotatable bonds is 17. The van der Waals surface area contributed by atoms with Crippen molar-refractivity contribution < 1.29 is 28.7 Å². The van der Waals surface area contributed by atoms with Crippen LogP contribution in [0.25, 0.3) is 10.9 Å². The molecule has 324 valence electrons. The predicted octanol–water partition coefficient (Wildman–Crippen LogP) is 4.17. The number of nitrogens with two attached hydrogens (primary N) is 1. The molecule has 3 heterocycles. The van der Waals surface area contributed by atoms with Gasteiger partial charge in [-0.15, -0.1) is 0 Å². The van der Waals surface area contributed by atoms with Gasteiger partial charge in [-0.3, -0.25) is 38.8 Å². The summed E-state index contributed by atoms with van der Waals surface area (Å²) >= 11 is 0. The highest BCUT2D eigenvalue weighted by Crippen LogP contribution is 2.39. The lowest BCUT2D eigenvalue weighted by Gasteiger charge is -2.47. The molecule has 14 nitrogen and oxygen atoms in total. The van der Waals surface area contributed by atoms with Crippen molar-refractivity contribution in [2.45, 2.75) is 102 Å². The standard InChI is InChI=1S/C47H60N8O6/c1-47(2,3)53-46(60)40-24-34-17-8-9-18-35(34)28-55(40)29-41(61-43(57)30-54(4)27-32-15-12-22-49-26-32)38(23-31-13-6-5-7-14-31)51-45(59)39(25-42(48)56)52-44(58)37-21-20-33-16-10-11-19-36(33)50-37/h5-7,10-16,19-22,26,34-35,38-41H,8-9,17-18,23-25,27-30H2,1-4H3,(H2,48,56)(H,51,59)(H,52,58)(H,53,60)/t34-,35+,38-,39-,40-,41+/m0/s1. The second-order valence-corrected chi connectivity index (χ2v) is 17.7. The minimum absolute atomic E-state index is 0.0604. The maximum Gasteiger partial charge on any atom is 0.320 e. The van der Waals surface area contributed by atoms with Crippen LogP contribution >= 0.6 is 0 Å². The van der Waals surface area contributed by atoms with Crippen molar-refractivity contribution in [3.8, 4) is 0 Å².